The van der Waals surface area contributed by atoms with Gasteiger partial charge in [0, 0.05) is 29.2 Å². The van der Waals surface area contributed by atoms with Gasteiger partial charge in [-0.05, 0) is 74.9 Å². The average molecular weight is 479 g/mol. The lowest BCUT2D eigenvalue weighted by atomic mass is 9.79. The summed E-state index contributed by atoms with van der Waals surface area (Å²) in [6.45, 7) is 11.9. The van der Waals surface area contributed by atoms with Crippen molar-refractivity contribution in [1.29, 1.82) is 0 Å². The minimum atomic E-state index is -0.565. The standard InChI is InChI=1S/C26H30N4O5/c1-7-29-21-8-15(2)18(10-20(21)16(3)13-26(29,4)5)14-27-28-25(31)23-11-17-9-19(30(32)33)12-22(34-6)24(17)35-23/h8-12,14,16H,7,13H2,1-6H3,(H,28,31)/b27-14-. The van der Waals surface area contributed by atoms with Crippen molar-refractivity contribution < 1.29 is 18.9 Å². The Kier molecular flexibility index (Phi) is 6.27. The van der Waals surface area contributed by atoms with Gasteiger partial charge in [-0.25, -0.2) is 5.43 Å². The SMILES string of the molecule is CCN1c2cc(C)c(/C=N\NC(=O)c3cc4cc([N+](=O)[O-])cc(OC)c4o3)cc2C(C)CC1(C)C. The van der Waals surface area contributed by atoms with E-state index in [0.29, 0.717) is 11.3 Å². The number of fused-ring (bicyclic) bond motifs is 2. The van der Waals surface area contributed by atoms with E-state index in [4.69, 9.17) is 9.15 Å². The number of rotatable bonds is 6. The topological polar surface area (TPSA) is 110 Å². The van der Waals surface area contributed by atoms with Crippen LogP contribution < -0.4 is 15.1 Å². The fourth-order valence-electron chi connectivity index (χ4n) is 5.08. The molecule has 1 aliphatic rings. The second kappa shape index (κ2) is 9.05. The quantitative estimate of drug-likeness (QED) is 0.283. The minimum Gasteiger partial charge on any atom is -0.493 e. The third kappa shape index (κ3) is 4.45. The number of benzene rings is 2. The maximum absolute atomic E-state index is 12.6. The number of hydrogen-bond donors (Lipinski definition) is 1. The molecule has 1 amide bonds. The highest BCUT2D eigenvalue weighted by atomic mass is 16.6. The molecule has 0 spiro atoms. The molecule has 1 atom stereocenters. The second-order valence-corrected chi connectivity index (χ2v) is 9.56. The smallest absolute Gasteiger partial charge is 0.307 e. The Morgan fingerprint density at radius 3 is 2.74 bits per heavy atom. The fraction of sp³-hybridized carbons (Fsp3) is 0.385. The zero-order chi connectivity index (χ0) is 25.5. The molecule has 9 heteroatoms. The molecule has 2 aromatic carbocycles. The number of anilines is 1. The van der Waals surface area contributed by atoms with E-state index in [2.05, 4.69) is 55.3 Å². The van der Waals surface area contributed by atoms with Crippen molar-refractivity contribution in [2.45, 2.75) is 52.5 Å². The molecule has 0 saturated carbocycles. The highest BCUT2D eigenvalue weighted by Gasteiger charge is 2.35. The Balaban J connectivity index is 1.57. The van der Waals surface area contributed by atoms with Gasteiger partial charge in [-0.15, -0.1) is 0 Å². The molecule has 1 N–H and O–H groups in total. The minimum absolute atomic E-state index is 0.0208. The van der Waals surface area contributed by atoms with Gasteiger partial charge in [-0.3, -0.25) is 14.9 Å². The number of carbonyl (C=O) groups excluding carboxylic acids is 1. The molecule has 4 rings (SSSR count). The third-order valence-electron chi connectivity index (χ3n) is 6.68. The van der Waals surface area contributed by atoms with Crippen LogP contribution in [0.5, 0.6) is 5.75 Å². The van der Waals surface area contributed by atoms with Crippen LogP contribution in [0.3, 0.4) is 0 Å². The number of nitrogens with one attached hydrogen (secondary N) is 1. The molecule has 1 unspecified atom stereocenters. The lowest BCUT2D eigenvalue weighted by molar-refractivity contribution is -0.384. The maximum Gasteiger partial charge on any atom is 0.307 e. The highest BCUT2D eigenvalue weighted by Crippen LogP contribution is 2.44. The third-order valence-corrected chi connectivity index (χ3v) is 6.68. The number of furan rings is 1. The van der Waals surface area contributed by atoms with E-state index >= 15 is 0 Å². The number of nitro groups is 1. The first-order valence-electron chi connectivity index (χ1n) is 11.6. The zero-order valence-corrected chi connectivity index (χ0v) is 20.8. The zero-order valence-electron chi connectivity index (χ0n) is 20.8. The number of hydrazone groups is 1. The van der Waals surface area contributed by atoms with Gasteiger partial charge in [-0.1, -0.05) is 6.92 Å². The molecule has 184 valence electrons. The van der Waals surface area contributed by atoms with Crippen LogP contribution in [0.1, 0.15) is 67.3 Å². The summed E-state index contributed by atoms with van der Waals surface area (Å²) >= 11 is 0. The molecule has 0 radical (unpaired) electrons. The molecule has 3 aromatic rings. The monoisotopic (exact) mass is 478 g/mol. The van der Waals surface area contributed by atoms with Crippen LogP contribution in [-0.4, -0.2) is 36.2 Å². The molecular weight excluding hydrogens is 448 g/mol. The summed E-state index contributed by atoms with van der Waals surface area (Å²) in [7, 11) is 1.38. The van der Waals surface area contributed by atoms with Gasteiger partial charge in [0.05, 0.1) is 24.3 Å². The van der Waals surface area contributed by atoms with Gasteiger partial charge in [-0.2, -0.15) is 5.10 Å². The van der Waals surface area contributed by atoms with Crippen LogP contribution in [0.4, 0.5) is 11.4 Å². The van der Waals surface area contributed by atoms with E-state index in [-0.39, 0.29) is 28.3 Å². The normalized spacial score (nSPS) is 17.0. The Bertz CT molecular complexity index is 1340. The van der Waals surface area contributed by atoms with E-state index in [1.165, 1.54) is 36.6 Å². The number of non-ortho nitro benzene ring substituents is 1. The van der Waals surface area contributed by atoms with Crippen LogP contribution in [-0.2, 0) is 0 Å². The van der Waals surface area contributed by atoms with E-state index in [0.717, 1.165) is 24.1 Å². The van der Waals surface area contributed by atoms with Gasteiger partial charge >= 0.3 is 5.91 Å². The van der Waals surface area contributed by atoms with Crippen LogP contribution >= 0.6 is 0 Å². The summed E-state index contributed by atoms with van der Waals surface area (Å²) in [6.07, 6.45) is 2.68. The van der Waals surface area contributed by atoms with Crippen LogP contribution in [0, 0.1) is 17.0 Å². The van der Waals surface area contributed by atoms with E-state index < -0.39 is 10.8 Å². The van der Waals surface area contributed by atoms with Crippen molar-refractivity contribution in [2.75, 3.05) is 18.6 Å². The lowest BCUT2D eigenvalue weighted by Gasteiger charge is -2.47. The van der Waals surface area contributed by atoms with Gasteiger partial charge in [0.2, 0.25) is 0 Å². The lowest BCUT2D eigenvalue weighted by Crippen LogP contribution is -2.48. The van der Waals surface area contributed by atoms with Gasteiger partial charge < -0.3 is 14.1 Å². The highest BCUT2D eigenvalue weighted by molar-refractivity contribution is 5.98. The summed E-state index contributed by atoms with van der Waals surface area (Å²) in [5.74, 6) is -0.00261. The van der Waals surface area contributed by atoms with Gasteiger partial charge in [0.1, 0.15) is 0 Å². The Morgan fingerprint density at radius 2 is 2.09 bits per heavy atom. The Hall–Kier alpha value is -3.88. The molecule has 0 saturated heterocycles. The Morgan fingerprint density at radius 1 is 1.34 bits per heavy atom. The van der Waals surface area contributed by atoms with Crippen molar-refractivity contribution in [1.82, 2.24) is 5.43 Å². The first kappa shape index (κ1) is 24.3. The number of nitrogens with zero attached hydrogens (tertiary/aromatic N) is 3. The molecule has 0 fully saturated rings. The van der Waals surface area contributed by atoms with Crippen molar-refractivity contribution in [3.63, 3.8) is 0 Å². The van der Waals surface area contributed by atoms with Crippen LogP contribution in [0.25, 0.3) is 11.0 Å². The summed E-state index contributed by atoms with van der Waals surface area (Å²) in [5, 5.41) is 15.7. The van der Waals surface area contributed by atoms with E-state index in [1.54, 1.807) is 6.21 Å². The number of hydrogen-bond acceptors (Lipinski definition) is 7. The predicted octanol–water partition coefficient (Wildman–Crippen LogP) is 5.53. The number of aryl methyl sites for hydroxylation is 1. The molecule has 35 heavy (non-hydrogen) atoms. The molecule has 1 aliphatic heterocycles. The second-order valence-electron chi connectivity index (χ2n) is 9.56. The van der Waals surface area contributed by atoms with Crippen molar-refractivity contribution in [2.24, 2.45) is 5.10 Å². The molecule has 0 bridgehead atoms. The number of amides is 1. The maximum atomic E-state index is 12.6. The van der Waals surface area contributed by atoms with Crippen molar-refractivity contribution in [3.8, 4) is 5.75 Å². The molecule has 1 aromatic heterocycles. The molecule has 9 nitrogen and oxygen atoms in total. The van der Waals surface area contributed by atoms with E-state index in [1.807, 2.05) is 6.92 Å². The number of nitro benzene ring substituents is 1. The summed E-state index contributed by atoms with van der Waals surface area (Å²) in [5.41, 5.74) is 7.19. The Labute approximate surface area is 203 Å². The van der Waals surface area contributed by atoms with Crippen LogP contribution in [0.2, 0.25) is 0 Å². The number of ether oxygens (including phenoxy) is 1. The van der Waals surface area contributed by atoms with Crippen molar-refractivity contribution >= 4 is 34.5 Å². The van der Waals surface area contributed by atoms with E-state index in [9.17, 15) is 14.9 Å². The van der Waals surface area contributed by atoms with Gasteiger partial charge in [0.25, 0.3) is 5.69 Å². The number of methoxy groups -OCH3 is 1. The average Bonchev–Trinajstić information content (AvgIpc) is 3.23. The summed E-state index contributed by atoms with van der Waals surface area (Å²) in [6, 6.07) is 8.36. The molecule has 2 heterocycles. The largest absolute Gasteiger partial charge is 0.493 e. The predicted molar refractivity (Wildman–Crippen MR) is 136 cm³/mol. The molecular formula is C26H30N4O5. The summed E-state index contributed by atoms with van der Waals surface area (Å²) in [4.78, 5) is 25.7. The first-order valence-corrected chi connectivity index (χ1v) is 11.6. The van der Waals surface area contributed by atoms with Crippen molar-refractivity contribution in [3.05, 3.63) is 62.9 Å². The molecule has 0 aliphatic carbocycles. The first-order chi connectivity index (χ1) is 16.6. The van der Waals surface area contributed by atoms with Crippen LogP contribution in [0.15, 0.2) is 39.9 Å². The number of carbonyl (C=O) groups is 1. The summed E-state index contributed by atoms with van der Waals surface area (Å²) < 4.78 is 10.8. The van der Waals surface area contributed by atoms with Gasteiger partial charge in [0.15, 0.2) is 17.1 Å². The fourth-order valence-corrected chi connectivity index (χ4v) is 5.08.